The smallest absolute Gasteiger partial charge is 0.142 e. The highest BCUT2D eigenvalue weighted by atomic mass is 14.7. The Labute approximate surface area is 76.2 Å². The van der Waals surface area contributed by atoms with Gasteiger partial charge < -0.3 is 5.73 Å². The zero-order valence-electron chi connectivity index (χ0n) is 6.99. The maximum Gasteiger partial charge on any atom is 0.142 e. The van der Waals surface area contributed by atoms with Crippen molar-refractivity contribution in [3.8, 4) is 12.1 Å². The summed E-state index contributed by atoms with van der Waals surface area (Å²) in [5.41, 5.74) is 6.75. The van der Waals surface area contributed by atoms with Gasteiger partial charge in [-0.1, -0.05) is 0 Å². The Bertz CT molecular complexity index is 351. The highest BCUT2D eigenvalue weighted by Gasteiger charge is 2.00. The topological polar surface area (TPSA) is 86.5 Å². The molecule has 0 aromatic carbocycles. The molecule has 13 heavy (non-hydrogen) atoms. The van der Waals surface area contributed by atoms with Crippen molar-refractivity contribution in [2.24, 2.45) is 5.73 Å². The zero-order chi connectivity index (χ0) is 9.68. The Kier molecular flexibility index (Phi) is 2.97. The van der Waals surface area contributed by atoms with Gasteiger partial charge in [0, 0.05) is 12.1 Å². The van der Waals surface area contributed by atoms with Gasteiger partial charge in [-0.15, -0.1) is 0 Å². The summed E-state index contributed by atoms with van der Waals surface area (Å²) in [4.78, 5) is 4.00. The molecule has 0 saturated heterocycles. The van der Waals surface area contributed by atoms with Crippen molar-refractivity contribution < 1.29 is 0 Å². The second-order valence-corrected chi connectivity index (χ2v) is 2.49. The van der Waals surface area contributed by atoms with E-state index in [0.29, 0.717) is 24.2 Å². The maximum atomic E-state index is 8.63. The molecule has 1 heterocycles. The molecule has 0 fully saturated rings. The summed E-state index contributed by atoms with van der Waals surface area (Å²) in [6.07, 6.45) is 0.588. The number of nitriles is 2. The number of hydrogen-bond acceptors (Lipinski definition) is 4. The summed E-state index contributed by atoms with van der Waals surface area (Å²) in [6.45, 7) is 0.465. The van der Waals surface area contributed by atoms with E-state index in [1.807, 2.05) is 12.1 Å². The zero-order valence-corrected chi connectivity index (χ0v) is 6.99. The summed E-state index contributed by atoms with van der Waals surface area (Å²) in [5, 5.41) is 17.2. The van der Waals surface area contributed by atoms with Crippen molar-refractivity contribution in [2.75, 3.05) is 6.54 Å². The average molecular weight is 172 g/mol. The lowest BCUT2D eigenvalue weighted by molar-refractivity contribution is 0.917. The molecule has 0 saturated carbocycles. The summed E-state index contributed by atoms with van der Waals surface area (Å²) < 4.78 is 0. The standard InChI is InChI=1S/C9H8N4/c10-2-1-8-3-7(5-11)4-9(6-12)13-8/h3-4H,1-2,10H2. The van der Waals surface area contributed by atoms with E-state index in [0.717, 1.165) is 0 Å². The quantitative estimate of drug-likeness (QED) is 0.696. The van der Waals surface area contributed by atoms with Crippen LogP contribution in [0.4, 0.5) is 0 Å². The van der Waals surface area contributed by atoms with Gasteiger partial charge in [-0.05, 0) is 18.7 Å². The molecule has 0 spiro atoms. The minimum atomic E-state index is 0.266. The number of nitrogens with two attached hydrogens (primary N) is 1. The fourth-order valence-electron chi connectivity index (χ4n) is 0.986. The van der Waals surface area contributed by atoms with Crippen LogP contribution in [0, 0.1) is 22.7 Å². The van der Waals surface area contributed by atoms with E-state index in [-0.39, 0.29) is 5.69 Å². The molecule has 0 unspecified atom stereocenters. The van der Waals surface area contributed by atoms with E-state index in [2.05, 4.69) is 4.98 Å². The van der Waals surface area contributed by atoms with E-state index in [1.54, 1.807) is 6.07 Å². The van der Waals surface area contributed by atoms with Gasteiger partial charge in [-0.2, -0.15) is 10.5 Å². The Hall–Kier alpha value is -1.91. The highest BCUT2D eigenvalue weighted by molar-refractivity contribution is 5.36. The molecule has 64 valence electrons. The van der Waals surface area contributed by atoms with Gasteiger partial charge in [0.1, 0.15) is 11.8 Å². The van der Waals surface area contributed by atoms with E-state index < -0.39 is 0 Å². The molecular formula is C9H8N4. The van der Waals surface area contributed by atoms with Gasteiger partial charge in [-0.3, -0.25) is 0 Å². The van der Waals surface area contributed by atoms with Crippen LogP contribution in [0.1, 0.15) is 17.0 Å². The SMILES string of the molecule is N#Cc1cc(C#N)nc(CCN)c1. The number of aromatic nitrogens is 1. The van der Waals surface area contributed by atoms with E-state index in [1.165, 1.54) is 6.07 Å². The van der Waals surface area contributed by atoms with Crippen LogP contribution in [0.25, 0.3) is 0 Å². The van der Waals surface area contributed by atoms with Crippen LogP contribution in [0.15, 0.2) is 12.1 Å². The first-order valence-electron chi connectivity index (χ1n) is 3.81. The molecule has 2 N–H and O–H groups in total. The first kappa shape index (κ1) is 9.18. The van der Waals surface area contributed by atoms with Gasteiger partial charge in [0.05, 0.1) is 11.6 Å². The average Bonchev–Trinajstić information content (AvgIpc) is 2.17. The van der Waals surface area contributed by atoms with Crippen LogP contribution in [0.2, 0.25) is 0 Å². The molecule has 1 aromatic rings. The van der Waals surface area contributed by atoms with Crippen molar-refractivity contribution in [3.63, 3.8) is 0 Å². The lowest BCUT2D eigenvalue weighted by Gasteiger charge is -1.98. The molecule has 0 atom stereocenters. The largest absolute Gasteiger partial charge is 0.330 e. The van der Waals surface area contributed by atoms with E-state index in [9.17, 15) is 0 Å². The molecule has 4 heteroatoms. The van der Waals surface area contributed by atoms with Gasteiger partial charge in [0.2, 0.25) is 0 Å². The molecular weight excluding hydrogens is 164 g/mol. The molecule has 1 aromatic heterocycles. The predicted octanol–water partition coefficient (Wildman–Crippen LogP) is 0.326. The molecule has 0 aliphatic rings. The lowest BCUT2D eigenvalue weighted by atomic mass is 10.2. The maximum absolute atomic E-state index is 8.63. The molecule has 0 aliphatic carbocycles. The van der Waals surface area contributed by atoms with Crippen molar-refractivity contribution in [2.45, 2.75) is 6.42 Å². The Morgan fingerprint density at radius 2 is 2.08 bits per heavy atom. The van der Waals surface area contributed by atoms with Gasteiger partial charge >= 0.3 is 0 Å². The second kappa shape index (κ2) is 4.20. The third kappa shape index (κ3) is 2.26. The van der Waals surface area contributed by atoms with Crippen molar-refractivity contribution in [1.29, 1.82) is 10.5 Å². The number of nitrogens with zero attached hydrogens (tertiary/aromatic N) is 3. The Morgan fingerprint density at radius 1 is 1.31 bits per heavy atom. The fourth-order valence-corrected chi connectivity index (χ4v) is 0.986. The summed E-state index contributed by atoms with van der Waals surface area (Å²) in [6, 6.07) is 6.97. The minimum Gasteiger partial charge on any atom is -0.330 e. The Morgan fingerprint density at radius 3 is 2.62 bits per heavy atom. The third-order valence-electron chi connectivity index (χ3n) is 1.52. The minimum absolute atomic E-state index is 0.266. The van der Waals surface area contributed by atoms with Crippen LogP contribution in [-0.2, 0) is 6.42 Å². The molecule has 0 bridgehead atoms. The second-order valence-electron chi connectivity index (χ2n) is 2.49. The lowest BCUT2D eigenvalue weighted by Crippen LogP contribution is -2.05. The van der Waals surface area contributed by atoms with E-state index >= 15 is 0 Å². The van der Waals surface area contributed by atoms with Crippen LogP contribution >= 0.6 is 0 Å². The van der Waals surface area contributed by atoms with Gasteiger partial charge in [0.25, 0.3) is 0 Å². The molecule has 0 radical (unpaired) electrons. The van der Waals surface area contributed by atoms with Crippen molar-refractivity contribution in [3.05, 3.63) is 29.1 Å². The third-order valence-corrected chi connectivity index (χ3v) is 1.52. The normalized spacial score (nSPS) is 8.85. The summed E-state index contributed by atoms with van der Waals surface area (Å²) in [7, 11) is 0. The van der Waals surface area contributed by atoms with E-state index in [4.69, 9.17) is 16.3 Å². The fraction of sp³-hybridized carbons (Fsp3) is 0.222. The number of rotatable bonds is 2. The molecule has 1 rings (SSSR count). The molecule has 4 nitrogen and oxygen atoms in total. The van der Waals surface area contributed by atoms with Gasteiger partial charge in [0.15, 0.2) is 0 Å². The summed E-state index contributed by atoms with van der Waals surface area (Å²) >= 11 is 0. The van der Waals surface area contributed by atoms with Crippen molar-refractivity contribution in [1.82, 2.24) is 4.98 Å². The number of hydrogen-bond donors (Lipinski definition) is 1. The first-order valence-corrected chi connectivity index (χ1v) is 3.81. The van der Waals surface area contributed by atoms with Crippen LogP contribution in [-0.4, -0.2) is 11.5 Å². The van der Waals surface area contributed by atoms with Crippen molar-refractivity contribution >= 4 is 0 Å². The number of pyridine rings is 1. The summed E-state index contributed by atoms with van der Waals surface area (Å²) in [5.74, 6) is 0. The van der Waals surface area contributed by atoms with Crippen LogP contribution in [0.5, 0.6) is 0 Å². The molecule has 0 amide bonds. The Balaban J connectivity index is 3.11. The van der Waals surface area contributed by atoms with Crippen LogP contribution in [0.3, 0.4) is 0 Å². The highest BCUT2D eigenvalue weighted by Crippen LogP contribution is 2.04. The van der Waals surface area contributed by atoms with Crippen LogP contribution < -0.4 is 5.73 Å². The van der Waals surface area contributed by atoms with Gasteiger partial charge in [-0.25, -0.2) is 4.98 Å². The first-order chi connectivity index (χ1) is 6.30. The molecule has 0 aliphatic heterocycles. The predicted molar refractivity (Wildman–Crippen MR) is 46.4 cm³/mol. The monoisotopic (exact) mass is 172 g/mol.